The first-order valence-corrected chi connectivity index (χ1v) is 13.9. The van der Waals surface area contributed by atoms with Gasteiger partial charge in [0.2, 0.25) is 0 Å². The van der Waals surface area contributed by atoms with Crippen molar-refractivity contribution in [1.29, 1.82) is 0 Å². The fourth-order valence-corrected chi connectivity index (χ4v) is 8.04. The minimum Gasteiger partial charge on any atom is -0.389 e. The van der Waals surface area contributed by atoms with E-state index in [1.807, 2.05) is 27.7 Å². The van der Waals surface area contributed by atoms with E-state index < -0.39 is 22.2 Å². The van der Waals surface area contributed by atoms with Crippen molar-refractivity contribution in [1.82, 2.24) is 0 Å². The monoisotopic (exact) mass is 488 g/mol. The van der Waals surface area contributed by atoms with Crippen LogP contribution in [0.4, 0.5) is 0 Å². The van der Waals surface area contributed by atoms with E-state index in [0.29, 0.717) is 25.7 Å². The largest absolute Gasteiger partial charge is 0.389 e. The van der Waals surface area contributed by atoms with Gasteiger partial charge in [-0.05, 0) is 90.9 Å². The van der Waals surface area contributed by atoms with Crippen LogP contribution in [0.1, 0.15) is 113 Å². The van der Waals surface area contributed by atoms with Gasteiger partial charge < -0.3 is 14.6 Å². The summed E-state index contributed by atoms with van der Waals surface area (Å²) >= 11 is 0. The van der Waals surface area contributed by atoms with Crippen LogP contribution in [0.3, 0.4) is 0 Å². The van der Waals surface area contributed by atoms with Gasteiger partial charge in [0.1, 0.15) is 11.2 Å². The van der Waals surface area contributed by atoms with Crippen molar-refractivity contribution in [2.24, 2.45) is 22.7 Å². The van der Waals surface area contributed by atoms with Crippen LogP contribution in [-0.4, -0.2) is 45.7 Å². The fraction of sp³-hybridized carbons (Fsp3) is 0.867. The van der Waals surface area contributed by atoms with Crippen LogP contribution in [0.25, 0.3) is 0 Å². The zero-order chi connectivity index (χ0) is 26.0. The molecule has 7 unspecified atom stereocenters. The Morgan fingerprint density at radius 2 is 1.43 bits per heavy atom. The van der Waals surface area contributed by atoms with Crippen LogP contribution in [0, 0.1) is 22.7 Å². The van der Waals surface area contributed by atoms with Crippen LogP contribution < -0.4 is 0 Å². The molecule has 0 aromatic rings. The molecular formula is C30H48O5. The van der Waals surface area contributed by atoms with E-state index in [4.69, 9.17) is 9.47 Å². The predicted octanol–water partition coefficient (Wildman–Crippen LogP) is 5.96. The van der Waals surface area contributed by atoms with Gasteiger partial charge in [0.05, 0.1) is 17.8 Å². The summed E-state index contributed by atoms with van der Waals surface area (Å²) in [7, 11) is 0. The maximum atomic E-state index is 12.8. The van der Waals surface area contributed by atoms with Gasteiger partial charge in [0.15, 0.2) is 11.6 Å². The molecule has 4 fully saturated rings. The van der Waals surface area contributed by atoms with Gasteiger partial charge in [-0.25, -0.2) is 0 Å². The van der Waals surface area contributed by atoms with E-state index in [1.165, 1.54) is 5.57 Å². The van der Waals surface area contributed by atoms with Crippen LogP contribution >= 0.6 is 0 Å². The summed E-state index contributed by atoms with van der Waals surface area (Å²) in [5.74, 6) is 0.611. The number of ether oxygens (including phenoxy) is 2. The number of carbonyl (C=O) groups excluding carboxylic acids is 2. The first kappa shape index (κ1) is 27.0. The average Bonchev–Trinajstić information content (AvgIpc) is 2.92. The average molecular weight is 489 g/mol. The summed E-state index contributed by atoms with van der Waals surface area (Å²) in [5, 5.41) is 12.4. The first-order valence-electron chi connectivity index (χ1n) is 13.9. The van der Waals surface area contributed by atoms with Crippen LogP contribution in [0.15, 0.2) is 12.2 Å². The van der Waals surface area contributed by atoms with E-state index in [1.54, 1.807) is 0 Å². The Labute approximate surface area is 212 Å². The fourth-order valence-electron chi connectivity index (χ4n) is 8.04. The molecule has 2 saturated carbocycles. The molecule has 35 heavy (non-hydrogen) atoms. The van der Waals surface area contributed by atoms with Gasteiger partial charge in [-0.1, -0.05) is 32.9 Å². The van der Waals surface area contributed by atoms with Crippen molar-refractivity contribution < 1.29 is 24.2 Å². The Morgan fingerprint density at radius 3 is 2.06 bits per heavy atom. The molecule has 2 aliphatic heterocycles. The lowest BCUT2D eigenvalue weighted by Gasteiger charge is -2.57. The second-order valence-corrected chi connectivity index (χ2v) is 13.7. The highest BCUT2D eigenvalue weighted by Gasteiger charge is 2.60. The Bertz CT molecular complexity index is 889. The van der Waals surface area contributed by atoms with Crippen molar-refractivity contribution in [2.45, 2.75) is 142 Å². The number of aliphatic hydroxyl groups is 1. The normalized spacial score (nSPS) is 45.8. The van der Waals surface area contributed by atoms with Crippen molar-refractivity contribution in [3.05, 3.63) is 12.2 Å². The smallest absolute Gasteiger partial charge is 0.164 e. The summed E-state index contributed by atoms with van der Waals surface area (Å²) < 4.78 is 12.9. The molecule has 0 radical (unpaired) electrons. The third-order valence-electron chi connectivity index (χ3n) is 10.9. The first-order chi connectivity index (χ1) is 16.1. The number of hydrogen-bond acceptors (Lipinski definition) is 5. The molecule has 0 aromatic heterocycles. The van der Waals surface area contributed by atoms with E-state index in [0.717, 1.165) is 38.5 Å². The highest BCUT2D eigenvalue weighted by atomic mass is 16.5. The lowest BCUT2D eigenvalue weighted by molar-refractivity contribution is -0.227. The summed E-state index contributed by atoms with van der Waals surface area (Å²) in [4.78, 5) is 25.6. The molecule has 0 aromatic carbocycles. The molecular weight excluding hydrogens is 440 g/mol. The zero-order valence-corrected chi connectivity index (χ0v) is 23.2. The third-order valence-corrected chi connectivity index (χ3v) is 10.9. The zero-order valence-electron chi connectivity index (χ0n) is 23.2. The molecule has 2 saturated heterocycles. The maximum Gasteiger partial charge on any atom is 0.164 e. The lowest BCUT2D eigenvalue weighted by atomic mass is 9.53. The van der Waals surface area contributed by atoms with Crippen molar-refractivity contribution >= 4 is 11.6 Å². The number of rotatable bonds is 3. The molecule has 2 aliphatic carbocycles. The Hall–Kier alpha value is -1.04. The number of ketones is 2. The highest BCUT2D eigenvalue weighted by molar-refractivity contribution is 5.87. The van der Waals surface area contributed by atoms with Gasteiger partial charge in [0.25, 0.3) is 0 Å². The maximum absolute atomic E-state index is 12.8. The van der Waals surface area contributed by atoms with Crippen molar-refractivity contribution in [3.63, 3.8) is 0 Å². The number of carbonyl (C=O) groups is 2. The molecule has 0 amide bonds. The van der Waals surface area contributed by atoms with E-state index >= 15 is 0 Å². The van der Waals surface area contributed by atoms with Gasteiger partial charge in [-0.2, -0.15) is 0 Å². The Morgan fingerprint density at radius 1 is 0.857 bits per heavy atom. The minimum absolute atomic E-state index is 0.0147. The second-order valence-electron chi connectivity index (χ2n) is 13.7. The Kier molecular flexibility index (Phi) is 6.77. The summed E-state index contributed by atoms with van der Waals surface area (Å²) in [6, 6.07) is 0. The van der Waals surface area contributed by atoms with Crippen molar-refractivity contribution in [2.75, 3.05) is 0 Å². The lowest BCUT2D eigenvalue weighted by Crippen LogP contribution is -2.61. The van der Waals surface area contributed by atoms with Crippen molar-refractivity contribution in [3.8, 4) is 0 Å². The molecule has 4 aliphatic rings. The van der Waals surface area contributed by atoms with Gasteiger partial charge >= 0.3 is 0 Å². The molecule has 4 rings (SSSR count). The topological polar surface area (TPSA) is 72.8 Å². The summed E-state index contributed by atoms with van der Waals surface area (Å²) in [6.45, 7) is 18.6. The van der Waals surface area contributed by atoms with Gasteiger partial charge in [-0.15, -0.1) is 0 Å². The summed E-state index contributed by atoms with van der Waals surface area (Å²) in [6.07, 6.45) is 7.29. The second kappa shape index (κ2) is 8.77. The molecule has 5 heteroatoms. The molecule has 5 nitrogen and oxygen atoms in total. The van der Waals surface area contributed by atoms with E-state index in [9.17, 15) is 14.7 Å². The molecule has 0 bridgehead atoms. The molecule has 1 N–H and O–H groups in total. The summed E-state index contributed by atoms with van der Waals surface area (Å²) in [5.41, 5.74) is -1.92. The molecule has 198 valence electrons. The minimum atomic E-state index is -0.930. The third kappa shape index (κ3) is 4.28. The standard InChI is InChI=1S/C30H48O5/c1-19-9-11-24-28(7,16-14-22(31)26(3,4)34-24)21(19)13-18-30(33)20(2)10-12-25-29(30,8)17-15-23(32)27(5,6)35-25/h20-21,24-25,33H,1,9-18H2,2-8H3. The van der Waals surface area contributed by atoms with Gasteiger partial charge in [0, 0.05) is 23.7 Å². The van der Waals surface area contributed by atoms with E-state index in [-0.39, 0.29) is 41.0 Å². The molecule has 7 atom stereocenters. The highest BCUT2D eigenvalue weighted by Crippen LogP contribution is 2.58. The number of hydrogen-bond donors (Lipinski definition) is 1. The van der Waals surface area contributed by atoms with Crippen LogP contribution in [0.5, 0.6) is 0 Å². The van der Waals surface area contributed by atoms with E-state index in [2.05, 4.69) is 27.4 Å². The molecule has 0 spiro atoms. The number of fused-ring (bicyclic) bond motifs is 2. The van der Waals surface area contributed by atoms with Crippen LogP contribution in [-0.2, 0) is 19.1 Å². The Balaban J connectivity index is 1.62. The number of allylic oxidation sites excluding steroid dienone is 1. The van der Waals surface area contributed by atoms with Crippen LogP contribution in [0.2, 0.25) is 0 Å². The molecule has 2 heterocycles. The predicted molar refractivity (Wildman–Crippen MR) is 137 cm³/mol. The number of Topliss-reactive ketones (excluding diaryl/α,β-unsaturated/α-hetero) is 2. The van der Waals surface area contributed by atoms with Gasteiger partial charge in [-0.3, -0.25) is 9.59 Å². The SMILES string of the molecule is C=C1CCC2OC(C)(C)C(=O)CCC2(C)C1CCC1(O)C(C)CCC2OC(C)(C)C(=O)CCC21C. The quantitative estimate of drug-likeness (QED) is 0.496.